The van der Waals surface area contributed by atoms with Crippen molar-refractivity contribution in [3.63, 3.8) is 0 Å². The molecule has 1 heterocycles. The molecule has 18 heavy (non-hydrogen) atoms. The Morgan fingerprint density at radius 3 is 2.61 bits per heavy atom. The van der Waals surface area contributed by atoms with Crippen LogP contribution >= 0.6 is 0 Å². The summed E-state index contributed by atoms with van der Waals surface area (Å²) in [6, 6.07) is 2.24. The van der Waals surface area contributed by atoms with Crippen molar-refractivity contribution in [3.8, 4) is 11.9 Å². The van der Waals surface area contributed by atoms with Gasteiger partial charge in [-0.3, -0.25) is 14.9 Å². The molecule has 0 aliphatic rings. The van der Waals surface area contributed by atoms with Gasteiger partial charge in [-0.2, -0.15) is 5.26 Å². The van der Waals surface area contributed by atoms with Crippen molar-refractivity contribution >= 4 is 5.69 Å². The number of pyridine rings is 1. The summed E-state index contributed by atoms with van der Waals surface area (Å²) in [5, 5.41) is 18.8. The van der Waals surface area contributed by atoms with Crippen LogP contribution < -0.4 is 10.2 Å². The summed E-state index contributed by atoms with van der Waals surface area (Å²) in [6.45, 7) is 0. The monoisotopic (exact) mass is 263 g/mol. The second-order valence-electron chi connectivity index (χ2n) is 2.98. The molecule has 0 bridgehead atoms. The average Bonchev–Trinajstić information content (AvgIpc) is 2.13. The number of nitriles is 1. The fourth-order valence-electron chi connectivity index (χ4n) is 1.12. The molecule has 0 saturated heterocycles. The third-order valence-corrected chi connectivity index (χ3v) is 1.70. The second kappa shape index (κ2) is 4.74. The minimum Gasteiger partial charge on any atom is -0.382 e. The van der Waals surface area contributed by atoms with Gasteiger partial charge >= 0.3 is 12.0 Å². The van der Waals surface area contributed by atoms with Gasteiger partial charge in [0, 0.05) is 11.8 Å². The Kier molecular flexibility index (Phi) is 3.55. The van der Waals surface area contributed by atoms with Crippen LogP contribution in [0.25, 0.3) is 0 Å². The fraction of sp³-hybridized carbons (Fsp3) is 0.250. The summed E-state index contributed by atoms with van der Waals surface area (Å²) in [5.41, 5.74) is -2.86. The van der Waals surface area contributed by atoms with E-state index in [-0.39, 0.29) is 5.69 Å². The number of rotatable bonds is 3. The van der Waals surface area contributed by atoms with Gasteiger partial charge in [0.05, 0.1) is 17.4 Å². The highest BCUT2D eigenvalue weighted by Gasteiger charge is 2.36. The second-order valence-corrected chi connectivity index (χ2v) is 2.98. The first-order valence-corrected chi connectivity index (χ1v) is 4.28. The summed E-state index contributed by atoms with van der Waals surface area (Å²) in [5.74, 6) is -1.34. The third-order valence-electron chi connectivity index (χ3n) is 1.70. The molecule has 0 aliphatic heterocycles. The van der Waals surface area contributed by atoms with Gasteiger partial charge in [-0.1, -0.05) is 0 Å². The number of H-pyrrole nitrogens is 1. The zero-order valence-electron chi connectivity index (χ0n) is 8.45. The largest absolute Gasteiger partial charge is 0.574 e. The summed E-state index contributed by atoms with van der Waals surface area (Å²) in [7, 11) is 0. The van der Waals surface area contributed by atoms with Gasteiger partial charge in [0.1, 0.15) is 0 Å². The number of hydrogen-bond acceptors (Lipinski definition) is 5. The van der Waals surface area contributed by atoms with Gasteiger partial charge in [-0.05, 0) is 0 Å². The van der Waals surface area contributed by atoms with E-state index < -0.39 is 34.7 Å². The number of nitrogens with one attached hydrogen (secondary N) is 1. The molecule has 0 radical (unpaired) electrons. The molecule has 7 nitrogen and oxygen atoms in total. The molecule has 1 aromatic rings. The molecule has 0 amide bonds. The molecule has 0 aromatic carbocycles. The van der Waals surface area contributed by atoms with Gasteiger partial charge in [-0.15, -0.1) is 13.2 Å². The van der Waals surface area contributed by atoms with Crippen molar-refractivity contribution < 1.29 is 22.8 Å². The Morgan fingerprint density at radius 1 is 1.56 bits per heavy atom. The van der Waals surface area contributed by atoms with Crippen LogP contribution in [0.15, 0.2) is 10.9 Å². The van der Waals surface area contributed by atoms with Crippen molar-refractivity contribution in [3.05, 3.63) is 32.1 Å². The number of ether oxygens (including phenoxy) is 1. The van der Waals surface area contributed by atoms with Crippen molar-refractivity contribution in [1.82, 2.24) is 4.98 Å². The van der Waals surface area contributed by atoms with Crippen molar-refractivity contribution in [2.24, 2.45) is 0 Å². The van der Waals surface area contributed by atoms with Gasteiger partial charge in [-0.25, -0.2) is 0 Å². The van der Waals surface area contributed by atoms with E-state index in [2.05, 4.69) is 4.74 Å². The van der Waals surface area contributed by atoms with Gasteiger partial charge in [0.2, 0.25) is 0 Å². The quantitative estimate of drug-likeness (QED) is 0.651. The van der Waals surface area contributed by atoms with E-state index in [9.17, 15) is 28.1 Å². The lowest BCUT2D eigenvalue weighted by atomic mass is 10.2. The first-order chi connectivity index (χ1) is 8.24. The van der Waals surface area contributed by atoms with E-state index in [4.69, 9.17) is 5.26 Å². The van der Waals surface area contributed by atoms with Gasteiger partial charge in [0.25, 0.3) is 11.3 Å². The average molecular weight is 263 g/mol. The number of aromatic nitrogens is 1. The van der Waals surface area contributed by atoms with E-state index in [1.807, 2.05) is 4.98 Å². The number of nitro groups is 1. The van der Waals surface area contributed by atoms with Crippen LogP contribution in [0.3, 0.4) is 0 Å². The van der Waals surface area contributed by atoms with E-state index in [1.54, 1.807) is 6.07 Å². The lowest BCUT2D eigenvalue weighted by molar-refractivity contribution is -0.390. The Bertz CT molecular complexity index is 572. The van der Waals surface area contributed by atoms with Crippen LogP contribution in [0.5, 0.6) is 5.88 Å². The van der Waals surface area contributed by atoms with Crippen LogP contribution in [0.1, 0.15) is 5.69 Å². The molecule has 0 fully saturated rings. The third kappa shape index (κ3) is 3.21. The van der Waals surface area contributed by atoms with Gasteiger partial charge < -0.3 is 9.72 Å². The molecule has 0 aliphatic carbocycles. The summed E-state index contributed by atoms with van der Waals surface area (Å²) < 4.78 is 39.4. The maximum atomic E-state index is 12.0. The highest BCUT2D eigenvalue weighted by atomic mass is 19.4. The highest BCUT2D eigenvalue weighted by molar-refractivity contribution is 5.42. The molecule has 1 N–H and O–H groups in total. The van der Waals surface area contributed by atoms with E-state index >= 15 is 0 Å². The normalized spacial score (nSPS) is 10.8. The maximum Gasteiger partial charge on any atom is 0.574 e. The SMILES string of the molecule is N#CCc1cc(=O)c([N+](=O)[O-])c(OC(F)(F)F)[nH]1. The zero-order valence-corrected chi connectivity index (χ0v) is 8.45. The van der Waals surface area contributed by atoms with Crippen LogP contribution in [0, 0.1) is 21.4 Å². The minimum atomic E-state index is -5.20. The standard InChI is InChI=1S/C8H4F3N3O4/c9-8(10,11)18-7-6(14(16)17)5(15)3-4(13-7)1-2-12/h3H,1H2,(H,13,15). The van der Waals surface area contributed by atoms with E-state index in [0.29, 0.717) is 6.07 Å². The molecule has 10 heteroatoms. The summed E-state index contributed by atoms with van der Waals surface area (Å²) in [4.78, 5) is 22.3. The predicted molar refractivity (Wildman–Crippen MR) is 49.7 cm³/mol. The Labute approximate surface area is 96.6 Å². The van der Waals surface area contributed by atoms with Crippen molar-refractivity contribution in [2.75, 3.05) is 0 Å². The number of nitrogens with zero attached hydrogens (tertiary/aromatic N) is 2. The molecule has 1 aromatic heterocycles. The molecular weight excluding hydrogens is 259 g/mol. The minimum absolute atomic E-state index is 0.215. The molecule has 0 unspecified atom stereocenters. The van der Waals surface area contributed by atoms with Crippen molar-refractivity contribution in [2.45, 2.75) is 12.8 Å². The lowest BCUT2D eigenvalue weighted by Gasteiger charge is -2.09. The van der Waals surface area contributed by atoms with Gasteiger partial charge in [0.15, 0.2) is 0 Å². The smallest absolute Gasteiger partial charge is 0.382 e. The van der Waals surface area contributed by atoms with E-state index in [1.165, 1.54) is 0 Å². The van der Waals surface area contributed by atoms with Crippen LogP contribution in [-0.2, 0) is 6.42 Å². The first-order valence-electron chi connectivity index (χ1n) is 4.28. The number of hydrogen-bond donors (Lipinski definition) is 1. The number of halogens is 3. The van der Waals surface area contributed by atoms with Crippen LogP contribution in [0.4, 0.5) is 18.9 Å². The molecule has 0 atom stereocenters. The number of alkyl halides is 3. The number of aromatic amines is 1. The fourth-order valence-corrected chi connectivity index (χ4v) is 1.12. The van der Waals surface area contributed by atoms with Crippen LogP contribution in [0.2, 0.25) is 0 Å². The molecule has 1 rings (SSSR count). The van der Waals surface area contributed by atoms with E-state index in [0.717, 1.165) is 0 Å². The Hall–Kier alpha value is -2.57. The molecule has 0 saturated carbocycles. The zero-order chi connectivity index (χ0) is 13.9. The van der Waals surface area contributed by atoms with Crippen molar-refractivity contribution in [1.29, 1.82) is 5.26 Å². The molecular formula is C8H4F3N3O4. The predicted octanol–water partition coefficient (Wildman–Crippen LogP) is 1.25. The summed E-state index contributed by atoms with van der Waals surface area (Å²) in [6.07, 6.45) is -5.61. The first kappa shape index (κ1) is 13.5. The Morgan fingerprint density at radius 2 is 2.17 bits per heavy atom. The topological polar surface area (TPSA) is 109 Å². The highest BCUT2D eigenvalue weighted by Crippen LogP contribution is 2.27. The maximum absolute atomic E-state index is 12.0. The lowest BCUT2D eigenvalue weighted by Crippen LogP contribution is -2.22. The molecule has 96 valence electrons. The van der Waals surface area contributed by atoms with Crippen LogP contribution in [-0.4, -0.2) is 16.3 Å². The molecule has 0 spiro atoms. The Balaban J connectivity index is 3.39. The summed E-state index contributed by atoms with van der Waals surface area (Å²) >= 11 is 0.